The summed E-state index contributed by atoms with van der Waals surface area (Å²) in [6.07, 6.45) is 0.512. The van der Waals surface area contributed by atoms with Crippen molar-refractivity contribution >= 4 is 29.2 Å². The summed E-state index contributed by atoms with van der Waals surface area (Å²) in [6.45, 7) is 3.87. The second kappa shape index (κ2) is 8.52. The van der Waals surface area contributed by atoms with Crippen molar-refractivity contribution in [3.63, 3.8) is 0 Å². The molecule has 0 fully saturated rings. The maximum Gasteiger partial charge on any atom is 0.328 e. The largest absolute Gasteiger partial charge is 0.468 e. The Kier molecular flexibility index (Phi) is 7.02. The van der Waals surface area contributed by atoms with E-state index in [1.165, 1.54) is 7.11 Å². The molecule has 0 saturated carbocycles. The quantitative estimate of drug-likeness (QED) is 0.724. The lowest BCUT2D eigenvalue weighted by Gasteiger charge is -2.30. The zero-order chi connectivity index (χ0) is 15.8. The van der Waals surface area contributed by atoms with Gasteiger partial charge in [0.1, 0.15) is 12.6 Å². The lowest BCUT2D eigenvalue weighted by atomic mass is 10.1. The molecule has 0 radical (unpaired) electrons. The van der Waals surface area contributed by atoms with Crippen molar-refractivity contribution in [1.82, 2.24) is 0 Å². The van der Waals surface area contributed by atoms with Gasteiger partial charge in [-0.25, -0.2) is 4.79 Å². The zero-order valence-electron chi connectivity index (χ0n) is 12.5. The molecular weight excluding hydrogens is 294 g/mol. The predicted octanol–water partition coefficient (Wildman–Crippen LogP) is 2.66. The first kappa shape index (κ1) is 17.3. The van der Waals surface area contributed by atoms with E-state index in [0.717, 1.165) is 0 Å². The summed E-state index contributed by atoms with van der Waals surface area (Å²) >= 11 is 5.87. The molecule has 0 saturated heterocycles. The molecule has 6 heteroatoms. The molecule has 21 heavy (non-hydrogen) atoms. The van der Waals surface area contributed by atoms with Crippen molar-refractivity contribution in [2.75, 3.05) is 25.2 Å². The average Bonchev–Trinajstić information content (AvgIpc) is 2.48. The second-order valence-electron chi connectivity index (χ2n) is 4.36. The standard InChI is InChI=1S/C15H20ClNO4/c1-4-13(15(19)21-5-2)17(10-14(18)20-3)12-8-6-11(16)7-9-12/h6-9,13H,4-5,10H2,1-3H3/t13-/m1/s1. The number of halogens is 1. The minimum Gasteiger partial charge on any atom is -0.468 e. The lowest BCUT2D eigenvalue weighted by Crippen LogP contribution is -2.45. The predicted molar refractivity (Wildman–Crippen MR) is 81.5 cm³/mol. The third-order valence-corrected chi connectivity index (χ3v) is 3.26. The van der Waals surface area contributed by atoms with Crippen molar-refractivity contribution in [2.24, 2.45) is 0 Å². The van der Waals surface area contributed by atoms with Gasteiger partial charge in [0, 0.05) is 10.7 Å². The fraction of sp³-hybridized carbons (Fsp3) is 0.467. The molecule has 116 valence electrons. The van der Waals surface area contributed by atoms with Gasteiger partial charge in [-0.3, -0.25) is 4.79 Å². The normalized spacial score (nSPS) is 11.6. The smallest absolute Gasteiger partial charge is 0.328 e. The maximum absolute atomic E-state index is 12.1. The molecule has 0 aliphatic rings. The van der Waals surface area contributed by atoms with Crippen molar-refractivity contribution < 1.29 is 19.1 Å². The number of carbonyl (C=O) groups is 2. The summed E-state index contributed by atoms with van der Waals surface area (Å²) in [7, 11) is 1.31. The van der Waals surface area contributed by atoms with Crippen LogP contribution in [0.15, 0.2) is 24.3 Å². The highest BCUT2D eigenvalue weighted by Crippen LogP contribution is 2.22. The molecule has 0 N–H and O–H groups in total. The molecular formula is C15H20ClNO4. The number of nitrogens with zero attached hydrogens (tertiary/aromatic N) is 1. The van der Waals surface area contributed by atoms with Crippen molar-refractivity contribution in [1.29, 1.82) is 0 Å². The van der Waals surface area contributed by atoms with Crippen molar-refractivity contribution in [3.05, 3.63) is 29.3 Å². The Morgan fingerprint density at radius 2 is 1.86 bits per heavy atom. The van der Waals surface area contributed by atoms with Gasteiger partial charge in [0.05, 0.1) is 13.7 Å². The Morgan fingerprint density at radius 3 is 2.33 bits per heavy atom. The summed E-state index contributed by atoms with van der Waals surface area (Å²) in [5, 5.41) is 0.584. The molecule has 0 heterocycles. The fourth-order valence-corrected chi connectivity index (χ4v) is 2.10. The van der Waals surface area contributed by atoms with Gasteiger partial charge in [-0.1, -0.05) is 18.5 Å². The molecule has 0 aromatic heterocycles. The SMILES string of the molecule is CCOC(=O)[C@@H](CC)N(CC(=O)OC)c1ccc(Cl)cc1. The average molecular weight is 314 g/mol. The van der Waals surface area contributed by atoms with E-state index in [1.54, 1.807) is 36.1 Å². The molecule has 0 spiro atoms. The fourth-order valence-electron chi connectivity index (χ4n) is 1.97. The Bertz CT molecular complexity index is 475. The Morgan fingerprint density at radius 1 is 1.24 bits per heavy atom. The summed E-state index contributed by atoms with van der Waals surface area (Å²) in [5.41, 5.74) is 0.713. The number of benzene rings is 1. The monoisotopic (exact) mass is 313 g/mol. The minimum absolute atomic E-state index is 0.0323. The highest BCUT2D eigenvalue weighted by atomic mass is 35.5. The van der Waals surface area contributed by atoms with Crippen LogP contribution in [-0.4, -0.2) is 38.2 Å². The molecule has 1 atom stereocenters. The lowest BCUT2D eigenvalue weighted by molar-refractivity contribution is -0.145. The Balaban J connectivity index is 3.07. The minimum atomic E-state index is -0.551. The molecule has 0 aliphatic heterocycles. The number of carbonyl (C=O) groups excluding carboxylic acids is 2. The van der Waals surface area contributed by atoms with E-state index in [0.29, 0.717) is 23.7 Å². The molecule has 0 amide bonds. The Labute approximate surface area is 129 Å². The number of hydrogen-bond donors (Lipinski definition) is 0. The van der Waals surface area contributed by atoms with Crippen LogP contribution in [0.5, 0.6) is 0 Å². The van der Waals surface area contributed by atoms with Gasteiger partial charge < -0.3 is 14.4 Å². The third-order valence-electron chi connectivity index (χ3n) is 3.01. The summed E-state index contributed by atoms with van der Waals surface area (Å²) in [6, 6.07) is 6.38. The van der Waals surface area contributed by atoms with E-state index in [1.807, 2.05) is 6.92 Å². The van der Waals surface area contributed by atoms with Crippen LogP contribution in [-0.2, 0) is 19.1 Å². The molecule has 1 rings (SSSR count). The first-order valence-corrected chi connectivity index (χ1v) is 7.16. The van der Waals surface area contributed by atoms with Crippen LogP contribution in [0.1, 0.15) is 20.3 Å². The second-order valence-corrected chi connectivity index (χ2v) is 4.79. The van der Waals surface area contributed by atoms with E-state index >= 15 is 0 Å². The number of anilines is 1. The third kappa shape index (κ3) is 4.93. The number of rotatable bonds is 7. The van der Waals surface area contributed by atoms with Gasteiger partial charge in [-0.2, -0.15) is 0 Å². The van der Waals surface area contributed by atoms with Crippen LogP contribution in [0.25, 0.3) is 0 Å². The summed E-state index contributed by atoms with van der Waals surface area (Å²) in [5.74, 6) is -0.786. The van der Waals surface area contributed by atoms with Crippen molar-refractivity contribution in [2.45, 2.75) is 26.3 Å². The highest BCUT2D eigenvalue weighted by molar-refractivity contribution is 6.30. The van der Waals surface area contributed by atoms with E-state index in [-0.39, 0.29) is 12.5 Å². The van der Waals surface area contributed by atoms with Crippen molar-refractivity contribution in [3.8, 4) is 0 Å². The number of ether oxygens (including phenoxy) is 2. The van der Waals surface area contributed by atoms with Crippen LogP contribution in [0.3, 0.4) is 0 Å². The van der Waals surface area contributed by atoms with Crippen LogP contribution in [0.4, 0.5) is 5.69 Å². The summed E-state index contributed by atoms with van der Waals surface area (Å²) in [4.78, 5) is 25.4. The van der Waals surface area contributed by atoms with Crippen LogP contribution in [0.2, 0.25) is 5.02 Å². The van der Waals surface area contributed by atoms with Gasteiger partial charge in [-0.15, -0.1) is 0 Å². The molecule has 1 aromatic carbocycles. The Hall–Kier alpha value is -1.75. The molecule has 0 bridgehead atoms. The first-order chi connectivity index (χ1) is 10.0. The van der Waals surface area contributed by atoms with E-state index in [2.05, 4.69) is 0 Å². The van der Waals surface area contributed by atoms with E-state index < -0.39 is 12.0 Å². The van der Waals surface area contributed by atoms with Gasteiger partial charge in [-0.05, 0) is 37.6 Å². The van der Waals surface area contributed by atoms with Gasteiger partial charge in [0.15, 0.2) is 0 Å². The van der Waals surface area contributed by atoms with Gasteiger partial charge in [0.2, 0.25) is 0 Å². The van der Waals surface area contributed by atoms with Gasteiger partial charge >= 0.3 is 11.9 Å². The zero-order valence-corrected chi connectivity index (χ0v) is 13.2. The molecule has 5 nitrogen and oxygen atoms in total. The molecule has 1 aromatic rings. The van der Waals surface area contributed by atoms with Crippen LogP contribution < -0.4 is 4.90 Å². The van der Waals surface area contributed by atoms with Crippen LogP contribution >= 0.6 is 11.6 Å². The summed E-state index contributed by atoms with van der Waals surface area (Å²) < 4.78 is 9.78. The number of methoxy groups -OCH3 is 1. The number of hydrogen-bond acceptors (Lipinski definition) is 5. The van der Waals surface area contributed by atoms with E-state index in [4.69, 9.17) is 21.1 Å². The molecule has 0 unspecified atom stereocenters. The maximum atomic E-state index is 12.1. The highest BCUT2D eigenvalue weighted by Gasteiger charge is 2.27. The van der Waals surface area contributed by atoms with Crippen LogP contribution in [0, 0.1) is 0 Å². The first-order valence-electron chi connectivity index (χ1n) is 6.79. The molecule has 0 aliphatic carbocycles. The topological polar surface area (TPSA) is 55.8 Å². The van der Waals surface area contributed by atoms with Gasteiger partial charge in [0.25, 0.3) is 0 Å². The number of esters is 2. The van der Waals surface area contributed by atoms with E-state index in [9.17, 15) is 9.59 Å².